The van der Waals surface area contributed by atoms with Crippen LogP contribution >= 0.6 is 0 Å². The molecule has 0 unspecified atom stereocenters. The highest BCUT2D eigenvalue weighted by atomic mass is 16.3. The Morgan fingerprint density at radius 1 is 1.27 bits per heavy atom. The average molecular weight is 301 g/mol. The first-order chi connectivity index (χ1) is 10.4. The van der Waals surface area contributed by atoms with E-state index in [1.54, 1.807) is 25.1 Å². The van der Waals surface area contributed by atoms with E-state index in [2.05, 4.69) is 4.98 Å². The van der Waals surface area contributed by atoms with Crippen molar-refractivity contribution in [1.29, 1.82) is 0 Å². The van der Waals surface area contributed by atoms with Crippen molar-refractivity contribution in [3.63, 3.8) is 0 Å². The largest absolute Gasteiger partial charge is 0.511 e. The highest BCUT2D eigenvalue weighted by molar-refractivity contribution is 5.87. The first kappa shape index (κ1) is 15.8. The number of benzene rings is 1. The molecule has 0 aliphatic heterocycles. The van der Waals surface area contributed by atoms with Crippen LogP contribution in [0.2, 0.25) is 0 Å². The topological polar surface area (TPSA) is 75.4 Å². The summed E-state index contributed by atoms with van der Waals surface area (Å²) in [6.45, 7) is 6.25. The van der Waals surface area contributed by atoms with Crippen LogP contribution in [-0.4, -0.2) is 20.7 Å². The SMILES string of the molecule is CCc1nc2ccccc2c(=O)n1N(C(C)=O)/C(C)=C(\C)O. The van der Waals surface area contributed by atoms with Gasteiger partial charge in [-0.25, -0.2) is 9.99 Å². The van der Waals surface area contributed by atoms with E-state index < -0.39 is 0 Å². The normalized spacial score (nSPS) is 12.2. The standard InChI is InChI=1S/C16H19N3O3/c1-5-15-17-14-9-7-6-8-13(14)16(22)19(15)18(12(4)21)10(2)11(3)20/h6-9,20H,5H2,1-4H3/b11-10+. The molecule has 0 saturated carbocycles. The third-order valence-electron chi connectivity index (χ3n) is 3.48. The van der Waals surface area contributed by atoms with Crippen molar-refractivity contribution in [3.8, 4) is 0 Å². The van der Waals surface area contributed by atoms with E-state index in [0.29, 0.717) is 28.8 Å². The van der Waals surface area contributed by atoms with Crippen LogP contribution in [0.3, 0.4) is 0 Å². The molecule has 1 aromatic heterocycles. The summed E-state index contributed by atoms with van der Waals surface area (Å²) in [4.78, 5) is 29.3. The van der Waals surface area contributed by atoms with Gasteiger partial charge < -0.3 is 5.11 Å². The minimum absolute atomic E-state index is 0.0303. The zero-order valence-electron chi connectivity index (χ0n) is 13.1. The molecule has 1 aromatic carbocycles. The third-order valence-corrected chi connectivity index (χ3v) is 3.48. The molecule has 0 atom stereocenters. The Kier molecular flexibility index (Phi) is 4.30. The van der Waals surface area contributed by atoms with Gasteiger partial charge in [-0.05, 0) is 26.0 Å². The van der Waals surface area contributed by atoms with Gasteiger partial charge in [0.05, 0.1) is 16.6 Å². The number of carbonyl (C=O) groups excluding carboxylic acids is 1. The Morgan fingerprint density at radius 3 is 2.45 bits per heavy atom. The van der Waals surface area contributed by atoms with Crippen LogP contribution in [0.15, 0.2) is 40.5 Å². The van der Waals surface area contributed by atoms with E-state index in [-0.39, 0.29) is 17.2 Å². The summed E-state index contributed by atoms with van der Waals surface area (Å²) in [7, 11) is 0. The predicted octanol–water partition coefficient (Wildman–Crippen LogP) is 2.25. The third kappa shape index (κ3) is 2.59. The lowest BCUT2D eigenvalue weighted by molar-refractivity contribution is -0.117. The summed E-state index contributed by atoms with van der Waals surface area (Å²) in [6, 6.07) is 6.99. The molecular weight excluding hydrogens is 282 g/mol. The van der Waals surface area contributed by atoms with Gasteiger partial charge >= 0.3 is 0 Å². The molecule has 1 amide bonds. The van der Waals surface area contributed by atoms with E-state index >= 15 is 0 Å². The van der Waals surface area contributed by atoms with Crippen molar-refractivity contribution in [2.75, 3.05) is 5.01 Å². The second kappa shape index (κ2) is 6.01. The summed E-state index contributed by atoms with van der Waals surface area (Å²) >= 11 is 0. The van der Waals surface area contributed by atoms with Crippen molar-refractivity contribution in [2.24, 2.45) is 0 Å². The first-order valence-corrected chi connectivity index (χ1v) is 7.06. The molecule has 2 rings (SSSR count). The van der Waals surface area contributed by atoms with Gasteiger partial charge in [-0.2, -0.15) is 4.68 Å². The Bertz CT molecular complexity index is 817. The molecule has 1 N–H and O–H groups in total. The maximum Gasteiger partial charge on any atom is 0.280 e. The smallest absolute Gasteiger partial charge is 0.280 e. The number of nitrogens with zero attached hydrogens (tertiary/aromatic N) is 3. The van der Waals surface area contributed by atoms with Crippen LogP contribution in [0.4, 0.5) is 0 Å². The highest BCUT2D eigenvalue weighted by Crippen LogP contribution is 2.13. The van der Waals surface area contributed by atoms with Crippen LogP contribution in [-0.2, 0) is 11.2 Å². The van der Waals surface area contributed by atoms with Crippen molar-refractivity contribution in [2.45, 2.75) is 34.1 Å². The second-order valence-electron chi connectivity index (χ2n) is 5.02. The van der Waals surface area contributed by atoms with Gasteiger partial charge in [-0.1, -0.05) is 19.1 Å². The Hall–Kier alpha value is -2.63. The van der Waals surface area contributed by atoms with Gasteiger partial charge in [0.15, 0.2) is 0 Å². The lowest BCUT2D eigenvalue weighted by Crippen LogP contribution is -2.46. The van der Waals surface area contributed by atoms with E-state index in [4.69, 9.17) is 0 Å². The van der Waals surface area contributed by atoms with Gasteiger partial charge in [0, 0.05) is 13.3 Å². The highest BCUT2D eigenvalue weighted by Gasteiger charge is 2.21. The number of aromatic nitrogens is 2. The monoisotopic (exact) mass is 301 g/mol. The number of aryl methyl sites for hydroxylation is 1. The molecule has 0 bridgehead atoms. The maximum absolute atomic E-state index is 12.8. The van der Waals surface area contributed by atoms with Crippen LogP contribution in [0.1, 0.15) is 33.5 Å². The molecule has 0 radical (unpaired) electrons. The summed E-state index contributed by atoms with van der Waals surface area (Å²) < 4.78 is 1.24. The minimum atomic E-state index is -0.375. The molecule has 22 heavy (non-hydrogen) atoms. The molecule has 6 heteroatoms. The van der Waals surface area contributed by atoms with Crippen LogP contribution < -0.4 is 10.6 Å². The number of aliphatic hydroxyl groups excluding tert-OH is 1. The molecule has 0 saturated heterocycles. The number of para-hydroxylation sites is 1. The van der Waals surface area contributed by atoms with Gasteiger partial charge in [0.2, 0.25) is 5.91 Å². The molecule has 0 aliphatic carbocycles. The lowest BCUT2D eigenvalue weighted by atomic mass is 10.2. The van der Waals surface area contributed by atoms with Crippen molar-refractivity contribution in [1.82, 2.24) is 9.66 Å². The van der Waals surface area contributed by atoms with E-state index in [9.17, 15) is 14.7 Å². The Balaban J connectivity index is 2.88. The number of fused-ring (bicyclic) bond motifs is 1. The fourth-order valence-electron chi connectivity index (χ4n) is 2.29. The molecule has 0 aliphatic rings. The quantitative estimate of drug-likeness (QED) is 0.882. The van der Waals surface area contributed by atoms with Gasteiger partial charge in [-0.15, -0.1) is 0 Å². The maximum atomic E-state index is 12.8. The summed E-state index contributed by atoms with van der Waals surface area (Å²) in [5.74, 6) is 0.0524. The van der Waals surface area contributed by atoms with Crippen molar-refractivity contribution in [3.05, 3.63) is 51.9 Å². The number of hydrogen-bond acceptors (Lipinski definition) is 4. The predicted molar refractivity (Wildman–Crippen MR) is 85.3 cm³/mol. The number of allylic oxidation sites excluding steroid dienone is 2. The summed E-state index contributed by atoms with van der Waals surface area (Å²) in [5, 5.41) is 11.3. The molecule has 0 fully saturated rings. The number of aliphatic hydroxyl groups is 1. The average Bonchev–Trinajstić information content (AvgIpc) is 2.49. The van der Waals surface area contributed by atoms with Gasteiger partial charge in [-0.3, -0.25) is 9.59 Å². The Labute approximate surface area is 128 Å². The van der Waals surface area contributed by atoms with E-state index in [1.807, 2.05) is 13.0 Å². The van der Waals surface area contributed by atoms with Crippen molar-refractivity contribution >= 4 is 16.8 Å². The van der Waals surface area contributed by atoms with Crippen LogP contribution in [0, 0.1) is 0 Å². The van der Waals surface area contributed by atoms with E-state index in [0.717, 1.165) is 5.01 Å². The molecule has 2 aromatic rings. The molecular formula is C16H19N3O3. The molecule has 1 heterocycles. The zero-order valence-corrected chi connectivity index (χ0v) is 13.1. The second-order valence-corrected chi connectivity index (χ2v) is 5.02. The molecule has 116 valence electrons. The zero-order chi connectivity index (χ0) is 16.4. The summed E-state index contributed by atoms with van der Waals surface area (Å²) in [6.07, 6.45) is 0.474. The van der Waals surface area contributed by atoms with Gasteiger partial charge in [0.25, 0.3) is 5.56 Å². The molecule has 6 nitrogen and oxygen atoms in total. The fourth-order valence-corrected chi connectivity index (χ4v) is 2.29. The summed E-state index contributed by atoms with van der Waals surface area (Å²) in [5.41, 5.74) is 0.547. The minimum Gasteiger partial charge on any atom is -0.511 e. The number of carbonyl (C=O) groups is 1. The Morgan fingerprint density at radius 2 is 1.91 bits per heavy atom. The number of amides is 1. The lowest BCUT2D eigenvalue weighted by Gasteiger charge is -2.26. The molecule has 0 spiro atoms. The first-order valence-electron chi connectivity index (χ1n) is 7.06. The van der Waals surface area contributed by atoms with Crippen LogP contribution in [0.25, 0.3) is 10.9 Å². The van der Waals surface area contributed by atoms with Gasteiger partial charge in [0.1, 0.15) is 11.6 Å². The number of hydrogen-bond donors (Lipinski definition) is 1. The number of rotatable bonds is 3. The van der Waals surface area contributed by atoms with Crippen LogP contribution in [0.5, 0.6) is 0 Å². The van der Waals surface area contributed by atoms with Crippen molar-refractivity contribution < 1.29 is 9.90 Å². The van der Waals surface area contributed by atoms with E-state index in [1.165, 1.54) is 18.5 Å². The fraction of sp³-hybridized carbons (Fsp3) is 0.312.